The minimum Gasteiger partial charge on any atom is -0.223 e. The molecule has 0 unspecified atom stereocenters. The molecule has 13 heteroatoms. The monoisotopic (exact) mass is 489 g/mol. The Morgan fingerprint density at radius 2 is 1.53 bits per heavy atom. The lowest BCUT2D eigenvalue weighted by Crippen LogP contribution is -2.58. The van der Waals surface area contributed by atoms with Crippen LogP contribution in [0, 0.1) is 11.6 Å². The third-order valence-electron chi connectivity index (χ3n) is 4.84. The highest BCUT2D eigenvalue weighted by Gasteiger charge is 2.59. The second-order valence-electron chi connectivity index (χ2n) is 6.75. The summed E-state index contributed by atoms with van der Waals surface area (Å²) in [5, 5.41) is 0.198. The Morgan fingerprint density at radius 3 is 2.07 bits per heavy atom. The number of hydrogen-bond donors (Lipinski definition) is 1. The summed E-state index contributed by atoms with van der Waals surface area (Å²) in [6.07, 6.45) is -1.46. The zero-order chi connectivity index (χ0) is 22.5. The molecule has 1 saturated carbocycles. The molecule has 0 aromatic heterocycles. The van der Waals surface area contributed by atoms with Crippen LogP contribution in [0.4, 0.5) is 22.0 Å². The molecule has 3 rings (SSSR count). The Kier molecular flexibility index (Phi) is 5.68. The van der Waals surface area contributed by atoms with Gasteiger partial charge in [-0.2, -0.15) is 13.2 Å². The standard InChI is InChI=1S/C17H13ClF5NO4S2/c18-10-1-4-13(5-2-10)29(25,26)16(14-7-11(19)3-6-15(14)20)8-12(9-16)24-30(27,28)17(21,22)23/h1-7,12,24H,8-9H2/t12-,16-. The van der Waals surface area contributed by atoms with E-state index in [9.17, 15) is 38.8 Å². The highest BCUT2D eigenvalue weighted by atomic mass is 35.5. The molecular formula is C17H13ClF5NO4S2. The van der Waals surface area contributed by atoms with Gasteiger partial charge in [0.15, 0.2) is 9.84 Å². The van der Waals surface area contributed by atoms with Gasteiger partial charge in [0.25, 0.3) is 0 Å². The predicted molar refractivity (Wildman–Crippen MR) is 97.8 cm³/mol. The molecule has 0 saturated heterocycles. The van der Waals surface area contributed by atoms with Crippen LogP contribution in [0.5, 0.6) is 0 Å². The van der Waals surface area contributed by atoms with Gasteiger partial charge in [-0.15, -0.1) is 0 Å². The maximum Gasteiger partial charge on any atom is 0.511 e. The van der Waals surface area contributed by atoms with Crippen molar-refractivity contribution in [2.24, 2.45) is 0 Å². The summed E-state index contributed by atoms with van der Waals surface area (Å²) in [6, 6.07) is 5.34. The molecule has 1 N–H and O–H groups in total. The minimum absolute atomic E-state index is 0.198. The van der Waals surface area contributed by atoms with Gasteiger partial charge in [-0.1, -0.05) is 11.6 Å². The number of rotatable bonds is 5. The van der Waals surface area contributed by atoms with Gasteiger partial charge in [0.2, 0.25) is 0 Å². The summed E-state index contributed by atoms with van der Waals surface area (Å²) in [5.41, 5.74) is -6.20. The second kappa shape index (κ2) is 7.43. The molecule has 164 valence electrons. The first-order chi connectivity index (χ1) is 13.7. The quantitative estimate of drug-likeness (QED) is 0.646. The molecule has 0 spiro atoms. The molecule has 1 aliphatic carbocycles. The van der Waals surface area contributed by atoms with E-state index in [1.165, 1.54) is 16.9 Å². The Balaban J connectivity index is 2.07. The van der Waals surface area contributed by atoms with Crippen molar-refractivity contribution >= 4 is 31.5 Å². The molecule has 2 aromatic rings. The van der Waals surface area contributed by atoms with Crippen molar-refractivity contribution in [1.29, 1.82) is 0 Å². The Bertz CT molecular complexity index is 1180. The highest BCUT2D eigenvalue weighted by molar-refractivity contribution is 7.92. The van der Waals surface area contributed by atoms with Crippen LogP contribution in [0.3, 0.4) is 0 Å². The lowest BCUT2D eigenvalue weighted by atomic mass is 9.75. The van der Waals surface area contributed by atoms with E-state index in [0.29, 0.717) is 12.1 Å². The third-order valence-corrected chi connectivity index (χ3v) is 8.82. The van der Waals surface area contributed by atoms with Crippen LogP contribution in [0.2, 0.25) is 5.02 Å². The molecule has 0 bridgehead atoms. The molecule has 2 aromatic carbocycles. The average Bonchev–Trinajstić information content (AvgIpc) is 2.59. The van der Waals surface area contributed by atoms with Crippen molar-refractivity contribution in [2.75, 3.05) is 0 Å². The van der Waals surface area contributed by atoms with E-state index < -0.39 is 66.2 Å². The van der Waals surface area contributed by atoms with Crippen molar-refractivity contribution in [3.05, 3.63) is 64.7 Å². The number of sulfonamides is 1. The smallest absolute Gasteiger partial charge is 0.223 e. The zero-order valence-electron chi connectivity index (χ0n) is 14.8. The van der Waals surface area contributed by atoms with Crippen LogP contribution in [0.1, 0.15) is 18.4 Å². The summed E-state index contributed by atoms with van der Waals surface area (Å²) >= 11 is 5.74. The molecule has 0 heterocycles. The Morgan fingerprint density at radius 1 is 0.967 bits per heavy atom. The zero-order valence-corrected chi connectivity index (χ0v) is 17.1. The van der Waals surface area contributed by atoms with E-state index in [1.807, 2.05) is 0 Å². The van der Waals surface area contributed by atoms with Crippen molar-refractivity contribution in [3.8, 4) is 0 Å². The molecule has 30 heavy (non-hydrogen) atoms. The summed E-state index contributed by atoms with van der Waals surface area (Å²) in [5.74, 6) is -2.05. The van der Waals surface area contributed by atoms with Crippen molar-refractivity contribution < 1.29 is 38.8 Å². The molecule has 1 fully saturated rings. The van der Waals surface area contributed by atoms with Gasteiger partial charge in [0, 0.05) is 16.6 Å². The topological polar surface area (TPSA) is 80.3 Å². The molecule has 0 radical (unpaired) electrons. The highest BCUT2D eigenvalue weighted by Crippen LogP contribution is 2.52. The molecule has 5 nitrogen and oxygen atoms in total. The number of benzene rings is 2. The maximum absolute atomic E-state index is 14.5. The van der Waals surface area contributed by atoms with Crippen molar-refractivity contribution in [3.63, 3.8) is 0 Å². The van der Waals surface area contributed by atoms with Crippen LogP contribution >= 0.6 is 11.6 Å². The lowest BCUT2D eigenvalue weighted by molar-refractivity contribution is -0.0455. The number of halogens is 6. The molecule has 0 aliphatic heterocycles. The van der Waals surface area contributed by atoms with Gasteiger partial charge >= 0.3 is 15.5 Å². The molecule has 1 aliphatic rings. The largest absolute Gasteiger partial charge is 0.511 e. The summed E-state index contributed by atoms with van der Waals surface area (Å²) in [6.45, 7) is 0. The summed E-state index contributed by atoms with van der Waals surface area (Å²) in [4.78, 5) is -0.326. The SMILES string of the molecule is O=S(=O)(N[C@H]1C[C@](c2cc(F)ccc2F)(S(=O)(=O)c2ccc(Cl)cc2)C1)C(F)(F)F. The van der Waals surface area contributed by atoms with Crippen LogP contribution in [0.25, 0.3) is 0 Å². The van der Waals surface area contributed by atoms with Gasteiger partial charge in [-0.25, -0.2) is 30.3 Å². The van der Waals surface area contributed by atoms with Gasteiger partial charge in [0.05, 0.1) is 4.90 Å². The van der Waals surface area contributed by atoms with E-state index in [0.717, 1.165) is 18.2 Å². The van der Waals surface area contributed by atoms with E-state index >= 15 is 0 Å². The Labute approximate surface area is 173 Å². The van der Waals surface area contributed by atoms with E-state index in [4.69, 9.17) is 11.6 Å². The normalized spacial score (nSPS) is 22.5. The van der Waals surface area contributed by atoms with E-state index in [1.54, 1.807) is 0 Å². The number of alkyl halides is 3. The van der Waals surface area contributed by atoms with Gasteiger partial charge < -0.3 is 0 Å². The minimum atomic E-state index is -5.75. The lowest BCUT2D eigenvalue weighted by Gasteiger charge is -2.47. The number of sulfone groups is 1. The summed E-state index contributed by atoms with van der Waals surface area (Å²) < 4.78 is 115. The summed E-state index contributed by atoms with van der Waals surface area (Å²) in [7, 11) is -10.2. The van der Waals surface area contributed by atoms with Gasteiger partial charge in [0.1, 0.15) is 16.4 Å². The molecular weight excluding hydrogens is 477 g/mol. The number of nitrogens with one attached hydrogen (secondary N) is 1. The van der Waals surface area contributed by atoms with Crippen LogP contribution in [-0.2, 0) is 24.6 Å². The Hall–Kier alpha value is -1.76. The van der Waals surface area contributed by atoms with Crippen molar-refractivity contribution in [2.45, 2.75) is 34.0 Å². The molecule has 0 atom stereocenters. The van der Waals surface area contributed by atoms with Crippen LogP contribution < -0.4 is 4.72 Å². The fourth-order valence-corrected chi connectivity index (χ4v) is 6.47. The fraction of sp³-hybridized carbons (Fsp3) is 0.294. The van der Waals surface area contributed by atoms with Gasteiger partial charge in [-0.05, 0) is 55.3 Å². The first-order valence-corrected chi connectivity index (χ1v) is 11.6. The van der Waals surface area contributed by atoms with Crippen molar-refractivity contribution in [1.82, 2.24) is 4.72 Å². The number of hydrogen-bond acceptors (Lipinski definition) is 4. The van der Waals surface area contributed by atoms with Gasteiger partial charge in [-0.3, -0.25) is 0 Å². The fourth-order valence-electron chi connectivity index (χ4n) is 3.38. The third kappa shape index (κ3) is 3.81. The van der Waals surface area contributed by atoms with E-state index in [-0.39, 0.29) is 9.92 Å². The molecule has 0 amide bonds. The average molecular weight is 490 g/mol. The van der Waals surface area contributed by atoms with Crippen LogP contribution in [0.15, 0.2) is 47.4 Å². The predicted octanol–water partition coefficient (Wildman–Crippen LogP) is 3.89. The second-order valence-corrected chi connectivity index (χ2v) is 11.1. The van der Waals surface area contributed by atoms with Crippen LogP contribution in [-0.4, -0.2) is 28.4 Å². The van der Waals surface area contributed by atoms with E-state index in [2.05, 4.69) is 0 Å². The first-order valence-electron chi connectivity index (χ1n) is 8.24. The maximum atomic E-state index is 14.5. The first kappa shape index (κ1) is 22.9.